The minimum atomic E-state index is 0.454. The molecule has 0 saturated heterocycles. The third-order valence-corrected chi connectivity index (χ3v) is 2.67. The summed E-state index contributed by atoms with van der Waals surface area (Å²) in [4.78, 5) is 4.58. The van der Waals surface area contributed by atoms with Gasteiger partial charge in [0.2, 0.25) is 0 Å². The second kappa shape index (κ2) is 7.65. The molecule has 0 unspecified atom stereocenters. The van der Waals surface area contributed by atoms with E-state index in [1.165, 1.54) is 32.1 Å². The molecule has 1 saturated carbocycles. The Morgan fingerprint density at radius 1 is 1.40 bits per heavy atom. The van der Waals surface area contributed by atoms with Gasteiger partial charge in [0.15, 0.2) is 0 Å². The smallest absolute Gasteiger partial charge is 0.137 e. The lowest BCUT2D eigenvalue weighted by atomic mass is 9.96. The first-order chi connectivity index (χ1) is 7.36. The Bertz CT molecular complexity index is 188. The lowest BCUT2D eigenvalue weighted by molar-refractivity contribution is 0.170. The Morgan fingerprint density at radius 2 is 2.13 bits per heavy atom. The summed E-state index contributed by atoms with van der Waals surface area (Å²) in [5.74, 6) is 6.20. The van der Waals surface area contributed by atoms with Gasteiger partial charge in [-0.25, -0.2) is 5.84 Å². The zero-order valence-electron chi connectivity index (χ0n) is 9.67. The highest BCUT2D eigenvalue weighted by molar-refractivity contribution is 5.82. The van der Waals surface area contributed by atoms with Crippen molar-refractivity contribution in [3.05, 3.63) is 0 Å². The van der Waals surface area contributed by atoms with Crippen LogP contribution in [0.3, 0.4) is 0 Å². The number of amidine groups is 1. The van der Waals surface area contributed by atoms with E-state index in [0.717, 1.165) is 18.9 Å². The van der Waals surface area contributed by atoms with Gasteiger partial charge in [-0.2, -0.15) is 0 Å². The fourth-order valence-electron chi connectivity index (χ4n) is 1.86. The molecule has 1 aliphatic carbocycles. The molecule has 0 heterocycles. The van der Waals surface area contributed by atoms with Gasteiger partial charge < -0.3 is 10.2 Å². The molecule has 0 aromatic rings. The van der Waals surface area contributed by atoms with Crippen LogP contribution in [0.1, 0.15) is 45.4 Å². The third kappa shape index (κ3) is 5.14. The average molecular weight is 213 g/mol. The summed E-state index contributed by atoms with van der Waals surface area (Å²) in [6.07, 6.45) is 7.35. The van der Waals surface area contributed by atoms with Crippen molar-refractivity contribution in [1.82, 2.24) is 5.43 Å². The topological polar surface area (TPSA) is 59.6 Å². The molecule has 4 heteroatoms. The van der Waals surface area contributed by atoms with E-state index in [4.69, 9.17) is 10.6 Å². The number of nitrogens with one attached hydrogen (secondary N) is 1. The van der Waals surface area contributed by atoms with Gasteiger partial charge in [0.05, 0.1) is 6.04 Å². The Labute approximate surface area is 92.3 Å². The van der Waals surface area contributed by atoms with Crippen LogP contribution in [0.15, 0.2) is 4.99 Å². The van der Waals surface area contributed by atoms with Crippen LogP contribution in [0.2, 0.25) is 0 Å². The van der Waals surface area contributed by atoms with E-state index in [1.807, 2.05) is 0 Å². The van der Waals surface area contributed by atoms with Crippen molar-refractivity contribution in [3.8, 4) is 0 Å². The lowest BCUT2D eigenvalue weighted by Gasteiger charge is -2.19. The molecule has 15 heavy (non-hydrogen) atoms. The standard InChI is InChI=1S/C11H23N3O/c1-2-8-15-9-11(14-12)13-10-6-4-3-5-7-10/h10H,2-9,12H2,1H3,(H,13,14). The van der Waals surface area contributed by atoms with Gasteiger partial charge >= 0.3 is 0 Å². The van der Waals surface area contributed by atoms with Gasteiger partial charge in [-0.1, -0.05) is 26.2 Å². The van der Waals surface area contributed by atoms with Crippen molar-refractivity contribution in [2.75, 3.05) is 13.2 Å². The van der Waals surface area contributed by atoms with Crippen molar-refractivity contribution < 1.29 is 4.74 Å². The summed E-state index contributed by atoms with van der Waals surface area (Å²) in [5, 5.41) is 0. The quantitative estimate of drug-likeness (QED) is 0.240. The first-order valence-corrected chi connectivity index (χ1v) is 5.97. The Hall–Kier alpha value is -0.610. The van der Waals surface area contributed by atoms with Crippen molar-refractivity contribution in [1.29, 1.82) is 0 Å². The largest absolute Gasteiger partial charge is 0.374 e. The Balaban J connectivity index is 2.30. The first kappa shape index (κ1) is 12.5. The molecular formula is C11H23N3O. The second-order valence-electron chi connectivity index (χ2n) is 4.06. The number of ether oxygens (including phenoxy) is 1. The summed E-state index contributed by atoms with van der Waals surface area (Å²) < 4.78 is 5.40. The molecule has 88 valence electrons. The van der Waals surface area contributed by atoms with Crippen LogP contribution in [0.4, 0.5) is 0 Å². The molecule has 0 bridgehead atoms. The molecule has 0 aliphatic heterocycles. The van der Waals surface area contributed by atoms with E-state index in [-0.39, 0.29) is 0 Å². The molecular weight excluding hydrogens is 190 g/mol. The van der Waals surface area contributed by atoms with Crippen LogP contribution in [-0.2, 0) is 4.74 Å². The molecule has 0 radical (unpaired) electrons. The van der Waals surface area contributed by atoms with Crippen LogP contribution in [0, 0.1) is 0 Å². The summed E-state index contributed by atoms with van der Waals surface area (Å²) in [7, 11) is 0. The third-order valence-electron chi connectivity index (χ3n) is 2.67. The van der Waals surface area contributed by atoms with Crippen molar-refractivity contribution in [2.24, 2.45) is 10.8 Å². The maximum Gasteiger partial charge on any atom is 0.137 e. The minimum Gasteiger partial charge on any atom is -0.374 e. The predicted molar refractivity (Wildman–Crippen MR) is 62.7 cm³/mol. The van der Waals surface area contributed by atoms with Gasteiger partial charge in [-0.05, 0) is 19.3 Å². The highest BCUT2D eigenvalue weighted by Gasteiger charge is 2.12. The Kier molecular flexibility index (Phi) is 6.36. The maximum absolute atomic E-state index is 5.41. The minimum absolute atomic E-state index is 0.454. The van der Waals surface area contributed by atoms with E-state index < -0.39 is 0 Å². The van der Waals surface area contributed by atoms with Crippen molar-refractivity contribution in [3.63, 3.8) is 0 Å². The second-order valence-corrected chi connectivity index (χ2v) is 4.06. The van der Waals surface area contributed by atoms with Crippen LogP contribution >= 0.6 is 0 Å². The van der Waals surface area contributed by atoms with Gasteiger partial charge in [-0.3, -0.25) is 4.99 Å². The van der Waals surface area contributed by atoms with Crippen LogP contribution < -0.4 is 11.3 Å². The van der Waals surface area contributed by atoms with Gasteiger partial charge in [0, 0.05) is 6.61 Å². The van der Waals surface area contributed by atoms with Crippen molar-refractivity contribution in [2.45, 2.75) is 51.5 Å². The monoisotopic (exact) mass is 213 g/mol. The molecule has 0 spiro atoms. The maximum atomic E-state index is 5.41. The number of hydrogen-bond acceptors (Lipinski definition) is 3. The number of aliphatic imine (C=N–C) groups is 1. The Morgan fingerprint density at radius 3 is 2.73 bits per heavy atom. The van der Waals surface area contributed by atoms with Gasteiger partial charge in [0.25, 0.3) is 0 Å². The fraction of sp³-hybridized carbons (Fsp3) is 0.909. The van der Waals surface area contributed by atoms with Gasteiger partial charge in [0.1, 0.15) is 12.4 Å². The number of hydrazine groups is 1. The lowest BCUT2D eigenvalue weighted by Crippen LogP contribution is -2.35. The molecule has 4 nitrogen and oxygen atoms in total. The average Bonchev–Trinajstić information content (AvgIpc) is 2.29. The zero-order valence-corrected chi connectivity index (χ0v) is 9.67. The number of rotatable bonds is 5. The van der Waals surface area contributed by atoms with E-state index in [1.54, 1.807) is 0 Å². The van der Waals surface area contributed by atoms with Crippen molar-refractivity contribution >= 4 is 5.84 Å². The normalized spacial score (nSPS) is 19.2. The van der Waals surface area contributed by atoms with Crippen LogP contribution in [-0.4, -0.2) is 25.1 Å². The summed E-state index contributed by atoms with van der Waals surface area (Å²) in [5.41, 5.74) is 2.63. The van der Waals surface area contributed by atoms with Crippen LogP contribution in [0.5, 0.6) is 0 Å². The summed E-state index contributed by atoms with van der Waals surface area (Å²) in [6.45, 7) is 3.38. The fourth-order valence-corrected chi connectivity index (χ4v) is 1.86. The zero-order chi connectivity index (χ0) is 10.9. The molecule has 3 N–H and O–H groups in total. The molecule has 1 rings (SSSR count). The molecule has 0 aromatic carbocycles. The number of nitrogens with zero attached hydrogens (tertiary/aromatic N) is 1. The summed E-state index contributed by atoms with van der Waals surface area (Å²) in [6, 6.07) is 0.454. The predicted octanol–water partition coefficient (Wildman–Crippen LogP) is 1.61. The SMILES string of the molecule is CCCOCC(=NC1CCCCC1)NN. The van der Waals surface area contributed by atoms with E-state index in [2.05, 4.69) is 17.3 Å². The molecule has 0 aromatic heterocycles. The van der Waals surface area contributed by atoms with Crippen LogP contribution in [0.25, 0.3) is 0 Å². The molecule has 1 aliphatic rings. The van der Waals surface area contributed by atoms with E-state index in [0.29, 0.717) is 12.6 Å². The highest BCUT2D eigenvalue weighted by atomic mass is 16.5. The van der Waals surface area contributed by atoms with Gasteiger partial charge in [-0.15, -0.1) is 0 Å². The number of hydrogen-bond donors (Lipinski definition) is 2. The highest BCUT2D eigenvalue weighted by Crippen LogP contribution is 2.20. The first-order valence-electron chi connectivity index (χ1n) is 5.97. The molecule has 1 fully saturated rings. The molecule has 0 amide bonds. The summed E-state index contributed by atoms with van der Waals surface area (Å²) >= 11 is 0. The van der Waals surface area contributed by atoms with E-state index in [9.17, 15) is 0 Å². The number of nitrogens with two attached hydrogens (primary N) is 1. The van der Waals surface area contributed by atoms with E-state index >= 15 is 0 Å². The molecule has 0 atom stereocenters.